The lowest BCUT2D eigenvalue weighted by Crippen LogP contribution is -2.40. The van der Waals surface area contributed by atoms with Crippen molar-refractivity contribution in [3.8, 4) is 0 Å². The van der Waals surface area contributed by atoms with E-state index in [1.807, 2.05) is 37.3 Å². The van der Waals surface area contributed by atoms with Crippen LogP contribution in [0.25, 0.3) is 11.0 Å². The van der Waals surface area contributed by atoms with Crippen molar-refractivity contribution in [2.45, 2.75) is 33.0 Å². The monoisotopic (exact) mass is 325 g/mol. The molecule has 0 aliphatic carbocycles. The number of anilines is 1. The van der Waals surface area contributed by atoms with Crippen molar-refractivity contribution in [1.82, 2.24) is 18.9 Å². The van der Waals surface area contributed by atoms with Gasteiger partial charge in [0.15, 0.2) is 5.65 Å². The van der Waals surface area contributed by atoms with E-state index in [4.69, 9.17) is 0 Å². The molecule has 124 valence electrons. The summed E-state index contributed by atoms with van der Waals surface area (Å²) in [6.07, 6.45) is 0.725. The fourth-order valence-corrected chi connectivity index (χ4v) is 3.24. The Morgan fingerprint density at radius 2 is 1.96 bits per heavy atom. The number of nitrogens with zero attached hydrogens (tertiary/aromatic N) is 4. The zero-order valence-corrected chi connectivity index (χ0v) is 13.5. The number of fused-ring (bicyclic) bond motifs is 3. The van der Waals surface area contributed by atoms with Crippen LogP contribution >= 0.6 is 0 Å². The second-order valence-corrected chi connectivity index (χ2v) is 6.01. The number of rotatable bonds is 4. The number of nitrogens with one attached hydrogen (secondary N) is 1. The van der Waals surface area contributed by atoms with Gasteiger partial charge < -0.3 is 5.32 Å². The Hall–Kier alpha value is -2.83. The topological polar surface area (TPSA) is 73.8 Å². The zero-order valence-electron chi connectivity index (χ0n) is 13.5. The van der Waals surface area contributed by atoms with E-state index in [0.717, 1.165) is 24.3 Å². The van der Waals surface area contributed by atoms with E-state index in [1.54, 1.807) is 9.25 Å². The van der Waals surface area contributed by atoms with Crippen LogP contribution in [0, 0.1) is 0 Å². The van der Waals surface area contributed by atoms with Crippen LogP contribution in [0.4, 0.5) is 5.82 Å². The Morgan fingerprint density at radius 1 is 1.17 bits per heavy atom. The van der Waals surface area contributed by atoms with Crippen molar-refractivity contribution >= 4 is 16.9 Å². The highest BCUT2D eigenvalue weighted by Gasteiger charge is 2.24. The molecule has 0 amide bonds. The number of benzene rings is 1. The Labute approximate surface area is 138 Å². The van der Waals surface area contributed by atoms with Gasteiger partial charge in [-0.1, -0.05) is 37.3 Å². The second-order valence-electron chi connectivity index (χ2n) is 6.01. The number of aromatic nitrogens is 4. The van der Waals surface area contributed by atoms with Gasteiger partial charge in [0.1, 0.15) is 11.2 Å². The van der Waals surface area contributed by atoms with E-state index >= 15 is 0 Å². The molecule has 0 bridgehead atoms. The lowest BCUT2D eigenvalue weighted by atomic mass is 10.2. The van der Waals surface area contributed by atoms with E-state index in [9.17, 15) is 9.59 Å². The minimum Gasteiger partial charge on any atom is -0.368 e. The van der Waals surface area contributed by atoms with E-state index in [1.165, 1.54) is 4.57 Å². The standard InChI is InChI=1S/C17H19N5O2/c1-2-9-20-16(23)13-14-18-8-10-22(14)19-15(13)21(17(20)24)11-12-6-4-3-5-7-12/h3-7,18H,2,8-11H2,1H3. The summed E-state index contributed by atoms with van der Waals surface area (Å²) in [7, 11) is 0. The molecule has 1 aliphatic heterocycles. The summed E-state index contributed by atoms with van der Waals surface area (Å²) < 4.78 is 4.71. The van der Waals surface area contributed by atoms with Crippen molar-refractivity contribution in [3.05, 3.63) is 56.7 Å². The molecule has 3 aromatic rings. The van der Waals surface area contributed by atoms with Gasteiger partial charge in [-0.2, -0.15) is 5.10 Å². The molecule has 0 atom stereocenters. The SMILES string of the molecule is CCCn1c(=O)c2c3n(nc2n(Cc2ccccc2)c1=O)CCN3. The summed E-state index contributed by atoms with van der Waals surface area (Å²) in [4.78, 5) is 25.7. The Morgan fingerprint density at radius 3 is 2.71 bits per heavy atom. The summed E-state index contributed by atoms with van der Waals surface area (Å²) in [6.45, 7) is 4.22. The van der Waals surface area contributed by atoms with E-state index < -0.39 is 0 Å². The summed E-state index contributed by atoms with van der Waals surface area (Å²) in [5.41, 5.74) is 0.916. The second kappa shape index (κ2) is 5.67. The molecule has 0 spiro atoms. The molecule has 1 N–H and O–H groups in total. The van der Waals surface area contributed by atoms with Crippen LogP contribution in [0.5, 0.6) is 0 Å². The van der Waals surface area contributed by atoms with Crippen LogP contribution in [0.2, 0.25) is 0 Å². The number of hydrogen-bond acceptors (Lipinski definition) is 4. The van der Waals surface area contributed by atoms with Gasteiger partial charge in [-0.25, -0.2) is 9.48 Å². The maximum Gasteiger partial charge on any atom is 0.333 e. The van der Waals surface area contributed by atoms with E-state index in [-0.39, 0.29) is 11.2 Å². The molecule has 0 saturated carbocycles. The smallest absolute Gasteiger partial charge is 0.333 e. The van der Waals surface area contributed by atoms with Crippen LogP contribution in [-0.4, -0.2) is 25.5 Å². The molecule has 1 aliphatic rings. The van der Waals surface area contributed by atoms with Crippen LogP contribution in [0.1, 0.15) is 18.9 Å². The molecule has 1 aromatic carbocycles. The minimum absolute atomic E-state index is 0.253. The van der Waals surface area contributed by atoms with Crippen molar-refractivity contribution in [3.63, 3.8) is 0 Å². The van der Waals surface area contributed by atoms with Crippen LogP contribution in [0.15, 0.2) is 39.9 Å². The minimum atomic E-state index is -0.296. The van der Waals surface area contributed by atoms with E-state index in [0.29, 0.717) is 30.7 Å². The van der Waals surface area contributed by atoms with Gasteiger partial charge in [0, 0.05) is 13.1 Å². The molecule has 2 aromatic heterocycles. The average Bonchev–Trinajstić information content (AvgIpc) is 3.17. The Balaban J connectivity index is 2.01. The predicted molar refractivity (Wildman–Crippen MR) is 92.6 cm³/mol. The molecule has 4 rings (SSSR count). The third-order valence-electron chi connectivity index (χ3n) is 4.36. The van der Waals surface area contributed by atoms with Gasteiger partial charge in [-0.3, -0.25) is 13.9 Å². The summed E-state index contributed by atoms with van der Waals surface area (Å²) >= 11 is 0. The molecule has 7 nitrogen and oxygen atoms in total. The molecular formula is C17H19N5O2. The molecule has 24 heavy (non-hydrogen) atoms. The highest BCUT2D eigenvalue weighted by atomic mass is 16.2. The Kier molecular flexibility index (Phi) is 3.48. The summed E-state index contributed by atoms with van der Waals surface area (Å²) in [6, 6.07) is 9.75. The first kappa shape index (κ1) is 14.7. The van der Waals surface area contributed by atoms with Gasteiger partial charge in [-0.05, 0) is 12.0 Å². The quantitative estimate of drug-likeness (QED) is 0.783. The third kappa shape index (κ3) is 2.16. The predicted octanol–water partition coefficient (Wildman–Crippen LogP) is 1.24. The average molecular weight is 325 g/mol. The summed E-state index contributed by atoms with van der Waals surface area (Å²) in [5, 5.41) is 8.24. The largest absolute Gasteiger partial charge is 0.368 e. The van der Waals surface area contributed by atoms with Gasteiger partial charge >= 0.3 is 5.69 Å². The first-order valence-electron chi connectivity index (χ1n) is 8.22. The highest BCUT2D eigenvalue weighted by molar-refractivity contribution is 5.87. The number of hydrogen-bond donors (Lipinski definition) is 1. The molecule has 3 heterocycles. The van der Waals surface area contributed by atoms with E-state index in [2.05, 4.69) is 10.4 Å². The van der Waals surface area contributed by atoms with Crippen LogP contribution < -0.4 is 16.6 Å². The van der Waals surface area contributed by atoms with Gasteiger partial charge in [0.2, 0.25) is 0 Å². The van der Waals surface area contributed by atoms with Crippen LogP contribution in [0.3, 0.4) is 0 Å². The molecule has 7 heteroatoms. The molecule has 0 unspecified atom stereocenters. The maximum atomic E-state index is 12.9. The lowest BCUT2D eigenvalue weighted by molar-refractivity contribution is 0.577. The maximum absolute atomic E-state index is 12.9. The first-order valence-corrected chi connectivity index (χ1v) is 8.22. The molecule has 0 fully saturated rings. The first-order chi connectivity index (χ1) is 11.7. The van der Waals surface area contributed by atoms with Crippen molar-refractivity contribution in [1.29, 1.82) is 0 Å². The highest BCUT2D eigenvalue weighted by Crippen LogP contribution is 2.23. The molecular weight excluding hydrogens is 306 g/mol. The fourth-order valence-electron chi connectivity index (χ4n) is 3.24. The van der Waals surface area contributed by atoms with Gasteiger partial charge in [-0.15, -0.1) is 0 Å². The lowest BCUT2D eigenvalue weighted by Gasteiger charge is -2.11. The van der Waals surface area contributed by atoms with Crippen molar-refractivity contribution in [2.24, 2.45) is 0 Å². The molecule has 0 radical (unpaired) electrons. The molecule has 0 saturated heterocycles. The zero-order chi connectivity index (χ0) is 16.7. The van der Waals surface area contributed by atoms with Gasteiger partial charge in [0.05, 0.1) is 13.1 Å². The summed E-state index contributed by atoms with van der Waals surface area (Å²) in [5.74, 6) is 0.724. The Bertz CT molecular complexity index is 1010. The normalized spacial score (nSPS) is 13.2. The van der Waals surface area contributed by atoms with Gasteiger partial charge in [0.25, 0.3) is 5.56 Å². The van der Waals surface area contributed by atoms with Crippen molar-refractivity contribution < 1.29 is 0 Å². The van der Waals surface area contributed by atoms with Crippen LogP contribution in [-0.2, 0) is 19.6 Å². The van der Waals surface area contributed by atoms with Crippen molar-refractivity contribution in [2.75, 3.05) is 11.9 Å². The fraction of sp³-hybridized carbons (Fsp3) is 0.353. The third-order valence-corrected chi connectivity index (χ3v) is 4.36.